The second-order valence-corrected chi connectivity index (χ2v) is 3.31. The Bertz CT molecular complexity index is 630. The highest BCUT2D eigenvalue weighted by atomic mass is 16.1. The van der Waals surface area contributed by atoms with Gasteiger partial charge in [-0.15, -0.1) is 10.2 Å². The molecule has 0 aromatic carbocycles. The second kappa shape index (κ2) is 3.66. The summed E-state index contributed by atoms with van der Waals surface area (Å²) in [6, 6.07) is 3.24. The fourth-order valence-electron chi connectivity index (χ4n) is 1.52. The van der Waals surface area contributed by atoms with Crippen LogP contribution in [0.3, 0.4) is 0 Å². The molecule has 0 fully saturated rings. The van der Waals surface area contributed by atoms with E-state index in [1.54, 1.807) is 23.5 Å². The maximum Gasteiger partial charge on any atom is 0.248 e. The van der Waals surface area contributed by atoms with Gasteiger partial charge in [0.1, 0.15) is 11.5 Å². The zero-order valence-corrected chi connectivity index (χ0v) is 8.98. The van der Waals surface area contributed by atoms with Gasteiger partial charge in [-0.3, -0.25) is 9.20 Å². The fraction of sp³-hybridized carbons (Fsp3) is 0.182. The smallest absolute Gasteiger partial charge is 0.248 e. The molecule has 2 aromatic heterocycles. The molecule has 0 aliphatic heterocycles. The zero-order chi connectivity index (χ0) is 11.7. The van der Waals surface area contributed by atoms with E-state index in [2.05, 4.69) is 22.0 Å². The van der Waals surface area contributed by atoms with Crippen LogP contribution in [0.5, 0.6) is 0 Å². The van der Waals surface area contributed by atoms with Crippen molar-refractivity contribution in [2.24, 2.45) is 5.73 Å². The average Bonchev–Trinajstić information content (AvgIpc) is 2.61. The standard InChI is InChI=1S/C11H10N4O/c1-3-4-9-5-8(11(12)16)6-10-14-13-7(2)15(9)10/h5-6H,1-2H3,(H2,12,16). The molecule has 0 radical (unpaired) electrons. The van der Waals surface area contributed by atoms with Crippen LogP contribution in [0.25, 0.3) is 5.65 Å². The molecule has 2 heterocycles. The lowest BCUT2D eigenvalue weighted by molar-refractivity contribution is 0.1000. The summed E-state index contributed by atoms with van der Waals surface area (Å²) in [5.41, 5.74) is 6.86. The molecule has 2 aromatic rings. The number of nitrogens with zero attached hydrogens (tertiary/aromatic N) is 3. The van der Waals surface area contributed by atoms with Gasteiger partial charge in [0.15, 0.2) is 5.65 Å². The fourth-order valence-corrected chi connectivity index (χ4v) is 1.52. The Morgan fingerprint density at radius 2 is 2.19 bits per heavy atom. The van der Waals surface area contributed by atoms with Crippen LogP contribution < -0.4 is 5.73 Å². The highest BCUT2D eigenvalue weighted by Crippen LogP contribution is 2.11. The molecule has 2 rings (SSSR count). The third kappa shape index (κ3) is 1.50. The molecule has 5 nitrogen and oxygen atoms in total. The number of aromatic nitrogens is 3. The van der Waals surface area contributed by atoms with Crippen molar-refractivity contribution in [3.63, 3.8) is 0 Å². The van der Waals surface area contributed by atoms with Gasteiger partial charge in [-0.1, -0.05) is 5.92 Å². The van der Waals surface area contributed by atoms with Gasteiger partial charge in [0.2, 0.25) is 5.91 Å². The van der Waals surface area contributed by atoms with Crippen molar-refractivity contribution in [2.75, 3.05) is 0 Å². The van der Waals surface area contributed by atoms with Crippen molar-refractivity contribution in [1.29, 1.82) is 0 Å². The van der Waals surface area contributed by atoms with Crippen LogP contribution in [-0.4, -0.2) is 20.5 Å². The Kier molecular flexibility index (Phi) is 2.33. The molecular formula is C11H10N4O. The van der Waals surface area contributed by atoms with Gasteiger partial charge in [0.05, 0.1) is 0 Å². The van der Waals surface area contributed by atoms with Crippen LogP contribution >= 0.6 is 0 Å². The SMILES string of the molecule is CC#Cc1cc(C(N)=O)cc2nnc(C)n12. The number of amides is 1. The molecular weight excluding hydrogens is 204 g/mol. The Hall–Kier alpha value is -2.35. The van der Waals surface area contributed by atoms with Crippen molar-refractivity contribution in [3.8, 4) is 11.8 Å². The molecule has 2 N–H and O–H groups in total. The Morgan fingerprint density at radius 1 is 1.44 bits per heavy atom. The molecule has 0 aliphatic rings. The van der Waals surface area contributed by atoms with Crippen LogP contribution in [0.15, 0.2) is 12.1 Å². The predicted octanol–water partition coefficient (Wildman–Crippen LogP) is 0.508. The Labute approximate surface area is 92.3 Å². The number of carbonyl (C=O) groups is 1. The van der Waals surface area contributed by atoms with E-state index >= 15 is 0 Å². The Morgan fingerprint density at radius 3 is 2.81 bits per heavy atom. The summed E-state index contributed by atoms with van der Waals surface area (Å²) in [5.74, 6) is 5.91. The first-order valence-corrected chi connectivity index (χ1v) is 4.72. The minimum Gasteiger partial charge on any atom is -0.366 e. The Balaban J connectivity index is 2.84. The molecule has 0 saturated heterocycles. The number of rotatable bonds is 1. The van der Waals surface area contributed by atoms with E-state index in [1.807, 2.05) is 6.92 Å². The van der Waals surface area contributed by atoms with Crippen LogP contribution in [0, 0.1) is 18.8 Å². The van der Waals surface area contributed by atoms with Crippen LogP contribution in [0.4, 0.5) is 0 Å². The quantitative estimate of drug-likeness (QED) is 0.703. The number of hydrogen-bond acceptors (Lipinski definition) is 3. The summed E-state index contributed by atoms with van der Waals surface area (Å²) in [6.45, 7) is 3.55. The zero-order valence-electron chi connectivity index (χ0n) is 8.98. The summed E-state index contributed by atoms with van der Waals surface area (Å²) < 4.78 is 1.78. The normalized spacial score (nSPS) is 9.88. The molecule has 80 valence electrons. The maximum atomic E-state index is 11.1. The lowest BCUT2D eigenvalue weighted by Gasteiger charge is -2.02. The van der Waals surface area contributed by atoms with E-state index in [0.717, 1.165) is 5.82 Å². The summed E-state index contributed by atoms with van der Waals surface area (Å²) in [5, 5.41) is 7.87. The van der Waals surface area contributed by atoms with Gasteiger partial charge in [-0.25, -0.2) is 0 Å². The van der Waals surface area contributed by atoms with Crippen molar-refractivity contribution < 1.29 is 4.79 Å². The second-order valence-electron chi connectivity index (χ2n) is 3.31. The minimum absolute atomic E-state index is 0.387. The molecule has 0 aliphatic carbocycles. The summed E-state index contributed by atoms with van der Waals surface area (Å²) >= 11 is 0. The van der Waals surface area contributed by atoms with Gasteiger partial charge < -0.3 is 5.73 Å². The minimum atomic E-state index is -0.498. The van der Waals surface area contributed by atoms with Crippen molar-refractivity contribution in [3.05, 3.63) is 29.2 Å². The summed E-state index contributed by atoms with van der Waals surface area (Å²) in [7, 11) is 0. The molecule has 1 amide bonds. The number of hydrogen-bond donors (Lipinski definition) is 1. The number of carbonyl (C=O) groups excluding carboxylic acids is 1. The first kappa shape index (κ1) is 10.2. The van der Waals surface area contributed by atoms with Crippen LogP contribution in [0.2, 0.25) is 0 Å². The highest BCUT2D eigenvalue weighted by molar-refractivity contribution is 5.94. The van der Waals surface area contributed by atoms with E-state index < -0.39 is 5.91 Å². The highest BCUT2D eigenvalue weighted by Gasteiger charge is 2.09. The first-order chi connectivity index (χ1) is 7.63. The van der Waals surface area contributed by atoms with Crippen molar-refractivity contribution in [1.82, 2.24) is 14.6 Å². The van der Waals surface area contributed by atoms with Crippen LogP contribution in [0.1, 0.15) is 28.8 Å². The number of primary amides is 1. The molecule has 16 heavy (non-hydrogen) atoms. The van der Waals surface area contributed by atoms with Gasteiger partial charge in [0.25, 0.3) is 0 Å². The van der Waals surface area contributed by atoms with E-state index in [1.165, 1.54) is 0 Å². The molecule has 5 heteroatoms. The summed E-state index contributed by atoms with van der Waals surface area (Å²) in [6.07, 6.45) is 0. The molecule has 0 bridgehead atoms. The van der Waals surface area contributed by atoms with Crippen LogP contribution in [-0.2, 0) is 0 Å². The van der Waals surface area contributed by atoms with E-state index in [4.69, 9.17) is 5.73 Å². The topological polar surface area (TPSA) is 73.3 Å². The van der Waals surface area contributed by atoms with Crippen molar-refractivity contribution >= 4 is 11.6 Å². The van der Waals surface area contributed by atoms with E-state index in [0.29, 0.717) is 16.9 Å². The van der Waals surface area contributed by atoms with E-state index in [-0.39, 0.29) is 0 Å². The predicted molar refractivity (Wildman–Crippen MR) is 58.8 cm³/mol. The third-order valence-electron chi connectivity index (χ3n) is 2.21. The van der Waals surface area contributed by atoms with E-state index in [9.17, 15) is 4.79 Å². The van der Waals surface area contributed by atoms with Gasteiger partial charge in [-0.2, -0.15) is 0 Å². The third-order valence-corrected chi connectivity index (χ3v) is 2.21. The van der Waals surface area contributed by atoms with Gasteiger partial charge in [0, 0.05) is 5.56 Å². The lowest BCUT2D eigenvalue weighted by atomic mass is 10.2. The molecule has 0 spiro atoms. The van der Waals surface area contributed by atoms with Gasteiger partial charge in [-0.05, 0) is 31.9 Å². The largest absolute Gasteiger partial charge is 0.366 e. The maximum absolute atomic E-state index is 11.1. The molecule has 0 saturated carbocycles. The lowest BCUT2D eigenvalue weighted by Crippen LogP contribution is -2.12. The number of fused-ring (bicyclic) bond motifs is 1. The van der Waals surface area contributed by atoms with Crippen molar-refractivity contribution in [2.45, 2.75) is 13.8 Å². The first-order valence-electron chi connectivity index (χ1n) is 4.72. The number of aryl methyl sites for hydroxylation is 1. The monoisotopic (exact) mass is 214 g/mol. The number of nitrogens with two attached hydrogens (primary N) is 1. The van der Waals surface area contributed by atoms with Gasteiger partial charge >= 0.3 is 0 Å². The average molecular weight is 214 g/mol. The molecule has 0 unspecified atom stereocenters. The molecule has 0 atom stereocenters. The summed E-state index contributed by atoms with van der Waals surface area (Å²) in [4.78, 5) is 11.1. The number of pyridine rings is 1.